The Kier molecular flexibility index (Phi) is 9.28. The molecule has 2 aromatic rings. The maximum atomic E-state index is 13.0. The van der Waals surface area contributed by atoms with E-state index in [2.05, 4.69) is 5.32 Å². The van der Waals surface area contributed by atoms with Crippen LogP contribution in [0.1, 0.15) is 26.3 Å². The number of nitrogens with zero attached hydrogens (tertiary/aromatic N) is 1. The van der Waals surface area contributed by atoms with Gasteiger partial charge in [0.25, 0.3) is 5.91 Å². The Balaban J connectivity index is 2.17. The van der Waals surface area contributed by atoms with Crippen molar-refractivity contribution in [2.75, 3.05) is 13.2 Å². The second-order valence-electron chi connectivity index (χ2n) is 7.29. The molecule has 162 valence electrons. The van der Waals surface area contributed by atoms with Crippen LogP contribution >= 0.6 is 34.8 Å². The Morgan fingerprint density at radius 2 is 1.73 bits per heavy atom. The summed E-state index contributed by atoms with van der Waals surface area (Å²) in [7, 11) is 0. The van der Waals surface area contributed by atoms with Gasteiger partial charge in [-0.25, -0.2) is 0 Å². The standard InChI is InChI=1S/C22H25Cl3N2O3/c1-14(2)11-26-22(29)15(3)27(12-16-6-4-5-7-18(16)24)21(28)13-30-20-9-8-17(23)10-19(20)25/h4-10,14-15H,11-13H2,1-3H3,(H,26,29)/t15-/m0/s1. The summed E-state index contributed by atoms with van der Waals surface area (Å²) in [4.78, 5) is 27.1. The number of hydrogen-bond acceptors (Lipinski definition) is 3. The number of nitrogens with one attached hydrogen (secondary N) is 1. The first-order valence-corrected chi connectivity index (χ1v) is 10.7. The van der Waals surface area contributed by atoms with Crippen molar-refractivity contribution >= 4 is 46.6 Å². The third-order valence-corrected chi connectivity index (χ3v) is 5.29. The first-order chi connectivity index (χ1) is 14.2. The molecule has 0 unspecified atom stereocenters. The van der Waals surface area contributed by atoms with Crippen molar-refractivity contribution in [3.8, 4) is 5.75 Å². The monoisotopic (exact) mass is 470 g/mol. The van der Waals surface area contributed by atoms with E-state index in [1.54, 1.807) is 25.1 Å². The van der Waals surface area contributed by atoms with E-state index in [0.717, 1.165) is 5.56 Å². The van der Waals surface area contributed by atoms with Crippen LogP contribution in [0.25, 0.3) is 0 Å². The fraction of sp³-hybridized carbons (Fsp3) is 0.364. The van der Waals surface area contributed by atoms with Crippen LogP contribution in [-0.2, 0) is 16.1 Å². The number of benzene rings is 2. The molecule has 2 aromatic carbocycles. The molecule has 30 heavy (non-hydrogen) atoms. The quantitative estimate of drug-likeness (QED) is 0.546. The van der Waals surface area contributed by atoms with E-state index in [4.69, 9.17) is 39.5 Å². The summed E-state index contributed by atoms with van der Waals surface area (Å²) in [5.41, 5.74) is 0.737. The summed E-state index contributed by atoms with van der Waals surface area (Å²) in [6.45, 7) is 6.09. The molecule has 0 aliphatic carbocycles. The van der Waals surface area contributed by atoms with Crippen LogP contribution in [0.4, 0.5) is 0 Å². The lowest BCUT2D eigenvalue weighted by atomic mass is 10.1. The van der Waals surface area contributed by atoms with Crippen LogP contribution in [0.2, 0.25) is 15.1 Å². The topological polar surface area (TPSA) is 58.6 Å². The second-order valence-corrected chi connectivity index (χ2v) is 8.54. The average molecular weight is 472 g/mol. The lowest BCUT2D eigenvalue weighted by Gasteiger charge is -2.29. The predicted octanol–water partition coefficient (Wildman–Crippen LogP) is 5.22. The molecule has 0 aromatic heterocycles. The van der Waals surface area contributed by atoms with Crippen molar-refractivity contribution in [2.45, 2.75) is 33.4 Å². The Labute approximate surface area is 192 Å². The molecular weight excluding hydrogens is 447 g/mol. The number of hydrogen-bond donors (Lipinski definition) is 1. The van der Waals surface area contributed by atoms with Gasteiger partial charge < -0.3 is 15.0 Å². The summed E-state index contributed by atoms with van der Waals surface area (Å²) in [6.07, 6.45) is 0. The molecule has 0 radical (unpaired) electrons. The van der Waals surface area contributed by atoms with Crippen LogP contribution in [0.15, 0.2) is 42.5 Å². The first-order valence-electron chi connectivity index (χ1n) is 9.57. The summed E-state index contributed by atoms with van der Waals surface area (Å²) < 4.78 is 5.58. The van der Waals surface area contributed by atoms with E-state index in [1.165, 1.54) is 11.0 Å². The summed E-state index contributed by atoms with van der Waals surface area (Å²) >= 11 is 18.3. The van der Waals surface area contributed by atoms with Crippen molar-refractivity contribution in [3.63, 3.8) is 0 Å². The largest absolute Gasteiger partial charge is 0.482 e. The van der Waals surface area contributed by atoms with Crippen molar-refractivity contribution < 1.29 is 14.3 Å². The first kappa shape index (κ1) is 24.3. The third-order valence-electron chi connectivity index (χ3n) is 4.40. The Hall–Kier alpha value is -1.95. The number of halogens is 3. The van der Waals surface area contributed by atoms with Gasteiger partial charge in [-0.2, -0.15) is 0 Å². The van der Waals surface area contributed by atoms with Crippen molar-refractivity contribution in [2.24, 2.45) is 5.92 Å². The lowest BCUT2D eigenvalue weighted by Crippen LogP contribution is -2.49. The summed E-state index contributed by atoms with van der Waals surface area (Å²) in [5, 5.41) is 4.15. The summed E-state index contributed by atoms with van der Waals surface area (Å²) in [6, 6.07) is 11.2. The van der Waals surface area contributed by atoms with Crippen LogP contribution in [0.5, 0.6) is 5.75 Å². The second kappa shape index (κ2) is 11.4. The third kappa shape index (κ3) is 7.08. The van der Waals surface area contributed by atoms with E-state index in [-0.39, 0.29) is 25.0 Å². The van der Waals surface area contributed by atoms with Gasteiger partial charge in [-0.3, -0.25) is 9.59 Å². The van der Waals surface area contributed by atoms with Gasteiger partial charge >= 0.3 is 0 Å². The highest BCUT2D eigenvalue weighted by molar-refractivity contribution is 6.35. The van der Waals surface area contributed by atoms with Gasteiger partial charge in [-0.1, -0.05) is 66.8 Å². The zero-order valence-corrected chi connectivity index (χ0v) is 19.4. The molecule has 0 bridgehead atoms. The Morgan fingerprint density at radius 1 is 1.03 bits per heavy atom. The molecule has 0 heterocycles. The van der Waals surface area contributed by atoms with Crippen molar-refractivity contribution in [1.29, 1.82) is 0 Å². The average Bonchev–Trinajstić information content (AvgIpc) is 2.70. The molecule has 5 nitrogen and oxygen atoms in total. The highest BCUT2D eigenvalue weighted by Crippen LogP contribution is 2.27. The van der Waals surface area contributed by atoms with Gasteiger partial charge in [0, 0.05) is 23.1 Å². The van der Waals surface area contributed by atoms with Gasteiger partial charge in [0.2, 0.25) is 5.91 Å². The molecule has 1 N–H and O–H groups in total. The number of rotatable bonds is 9. The maximum Gasteiger partial charge on any atom is 0.261 e. The molecule has 0 saturated carbocycles. The minimum Gasteiger partial charge on any atom is -0.482 e. The highest BCUT2D eigenvalue weighted by atomic mass is 35.5. The molecule has 8 heteroatoms. The number of amides is 2. The normalized spacial score (nSPS) is 11.8. The van der Waals surface area contributed by atoms with Crippen molar-refractivity contribution in [3.05, 3.63) is 63.1 Å². The van der Waals surface area contributed by atoms with Gasteiger partial charge in [0.05, 0.1) is 5.02 Å². The van der Waals surface area contributed by atoms with E-state index in [9.17, 15) is 9.59 Å². The lowest BCUT2D eigenvalue weighted by molar-refractivity contribution is -0.142. The van der Waals surface area contributed by atoms with Gasteiger partial charge in [0.1, 0.15) is 11.8 Å². The number of carbonyl (C=O) groups is 2. The van der Waals surface area contributed by atoms with Crippen LogP contribution in [0, 0.1) is 5.92 Å². The fourth-order valence-electron chi connectivity index (χ4n) is 2.66. The fourth-order valence-corrected chi connectivity index (χ4v) is 3.32. The molecular formula is C22H25Cl3N2O3. The van der Waals surface area contributed by atoms with Crippen LogP contribution < -0.4 is 10.1 Å². The van der Waals surface area contributed by atoms with E-state index < -0.39 is 6.04 Å². The maximum absolute atomic E-state index is 13.0. The Morgan fingerprint density at radius 3 is 2.37 bits per heavy atom. The number of ether oxygens (including phenoxy) is 1. The smallest absolute Gasteiger partial charge is 0.261 e. The SMILES string of the molecule is CC(C)CNC(=O)[C@H](C)N(Cc1ccccc1Cl)C(=O)COc1ccc(Cl)cc1Cl. The molecule has 1 atom stereocenters. The molecule has 0 aliphatic heterocycles. The predicted molar refractivity (Wildman–Crippen MR) is 121 cm³/mol. The van der Waals surface area contributed by atoms with E-state index in [0.29, 0.717) is 33.3 Å². The highest BCUT2D eigenvalue weighted by Gasteiger charge is 2.27. The minimum atomic E-state index is -0.711. The minimum absolute atomic E-state index is 0.173. The molecule has 0 aliphatic rings. The van der Waals surface area contributed by atoms with Gasteiger partial charge in [0.15, 0.2) is 6.61 Å². The molecule has 0 saturated heterocycles. The van der Waals surface area contributed by atoms with Crippen molar-refractivity contribution in [1.82, 2.24) is 10.2 Å². The van der Waals surface area contributed by atoms with Gasteiger partial charge in [-0.05, 0) is 42.7 Å². The zero-order valence-electron chi connectivity index (χ0n) is 17.1. The zero-order chi connectivity index (χ0) is 22.3. The molecule has 2 amide bonds. The Bertz CT molecular complexity index is 890. The molecule has 0 fully saturated rings. The number of carbonyl (C=O) groups excluding carboxylic acids is 2. The molecule has 0 spiro atoms. The van der Waals surface area contributed by atoms with Crippen LogP contribution in [0.3, 0.4) is 0 Å². The van der Waals surface area contributed by atoms with E-state index in [1.807, 2.05) is 32.0 Å². The van der Waals surface area contributed by atoms with Crippen LogP contribution in [-0.4, -0.2) is 35.9 Å². The van der Waals surface area contributed by atoms with E-state index >= 15 is 0 Å². The summed E-state index contributed by atoms with van der Waals surface area (Å²) in [5.74, 6) is 0.0232. The van der Waals surface area contributed by atoms with Gasteiger partial charge in [-0.15, -0.1) is 0 Å². The molecule has 2 rings (SSSR count).